The van der Waals surface area contributed by atoms with Gasteiger partial charge < -0.3 is 5.11 Å². The van der Waals surface area contributed by atoms with Crippen LogP contribution >= 0.6 is 22.9 Å². The smallest absolute Gasteiger partial charge is 0.416 e. The van der Waals surface area contributed by atoms with Gasteiger partial charge in [-0.15, -0.1) is 0 Å². The zero-order chi connectivity index (χ0) is 25.5. The molecule has 0 aliphatic carbocycles. The first kappa shape index (κ1) is 25.5. The standard InChI is InChI=1S/C22H18ClF6N3O2S/c23-14-6-11(9-32-5-1-2-13(10-32)22(27,28)29)18(33)15(8-14)19(34)31-20-30-16-4-3-12(21(24,25)26)7-17(16)35-20/h3-4,6-8,13,33H,1-2,5,9-10H2,(H,30,31,34). The third kappa shape index (κ3) is 5.81. The highest BCUT2D eigenvalue weighted by atomic mass is 35.5. The lowest BCUT2D eigenvalue weighted by Crippen LogP contribution is -2.41. The number of amides is 1. The molecule has 3 aromatic rings. The predicted molar refractivity (Wildman–Crippen MR) is 120 cm³/mol. The van der Waals surface area contributed by atoms with Crippen LogP contribution in [0.2, 0.25) is 5.02 Å². The number of phenolic OH excluding ortho intramolecular Hbond substituents is 1. The molecule has 1 aliphatic heterocycles. The van der Waals surface area contributed by atoms with Crippen LogP contribution in [0.4, 0.5) is 31.5 Å². The molecule has 0 bridgehead atoms. The van der Waals surface area contributed by atoms with Gasteiger partial charge in [-0.05, 0) is 49.7 Å². The molecule has 0 saturated carbocycles. The molecule has 5 nitrogen and oxygen atoms in total. The lowest BCUT2D eigenvalue weighted by atomic mass is 9.96. The van der Waals surface area contributed by atoms with E-state index in [1.54, 1.807) is 4.90 Å². The van der Waals surface area contributed by atoms with Crippen molar-refractivity contribution in [1.82, 2.24) is 9.88 Å². The van der Waals surface area contributed by atoms with Crippen LogP contribution in [0.3, 0.4) is 0 Å². The van der Waals surface area contributed by atoms with Crippen LogP contribution in [0.15, 0.2) is 30.3 Å². The number of anilines is 1. The number of fused-ring (bicyclic) bond motifs is 1. The Balaban J connectivity index is 1.54. The molecule has 0 radical (unpaired) electrons. The molecule has 4 rings (SSSR count). The molecule has 1 amide bonds. The van der Waals surface area contributed by atoms with Crippen LogP contribution < -0.4 is 5.32 Å². The van der Waals surface area contributed by atoms with Gasteiger partial charge in [0, 0.05) is 23.7 Å². The number of nitrogens with zero attached hydrogens (tertiary/aromatic N) is 2. The maximum absolute atomic E-state index is 13.1. The van der Waals surface area contributed by atoms with Crippen molar-refractivity contribution in [1.29, 1.82) is 0 Å². The van der Waals surface area contributed by atoms with Crippen LogP contribution in [0.5, 0.6) is 5.75 Å². The monoisotopic (exact) mass is 537 g/mol. The molecule has 2 N–H and O–H groups in total. The first-order valence-corrected chi connectivity index (χ1v) is 11.6. The van der Waals surface area contributed by atoms with E-state index in [2.05, 4.69) is 10.3 Å². The van der Waals surface area contributed by atoms with E-state index >= 15 is 0 Å². The largest absolute Gasteiger partial charge is 0.507 e. The van der Waals surface area contributed by atoms with E-state index in [9.17, 15) is 36.2 Å². The van der Waals surface area contributed by atoms with E-state index in [0.717, 1.165) is 23.5 Å². The summed E-state index contributed by atoms with van der Waals surface area (Å²) in [5.41, 5.74) is -0.649. The molecule has 188 valence electrons. The molecule has 1 saturated heterocycles. The SMILES string of the molecule is O=C(Nc1nc2ccc(C(F)(F)F)cc2s1)c1cc(Cl)cc(CN2CCCC(C(F)(F)F)C2)c1O. The van der Waals surface area contributed by atoms with Crippen LogP contribution in [-0.4, -0.2) is 40.2 Å². The summed E-state index contributed by atoms with van der Waals surface area (Å²) < 4.78 is 78.4. The Labute approximate surface area is 204 Å². The van der Waals surface area contributed by atoms with Gasteiger partial charge in [-0.25, -0.2) is 4.98 Å². The number of aromatic nitrogens is 1. The number of carbonyl (C=O) groups is 1. The highest BCUT2D eigenvalue weighted by molar-refractivity contribution is 7.22. The number of carbonyl (C=O) groups excluding carboxylic acids is 1. The summed E-state index contributed by atoms with van der Waals surface area (Å²) in [4.78, 5) is 18.4. The number of hydrogen-bond acceptors (Lipinski definition) is 5. The maximum atomic E-state index is 13.1. The number of hydrogen-bond donors (Lipinski definition) is 2. The summed E-state index contributed by atoms with van der Waals surface area (Å²) in [6.07, 6.45) is -8.48. The fraction of sp³-hybridized carbons (Fsp3) is 0.364. The molecule has 1 unspecified atom stereocenters. The van der Waals surface area contributed by atoms with Crippen molar-refractivity contribution in [3.05, 3.63) is 52.0 Å². The van der Waals surface area contributed by atoms with E-state index in [0.29, 0.717) is 13.0 Å². The maximum Gasteiger partial charge on any atom is 0.416 e. The zero-order valence-corrected chi connectivity index (χ0v) is 19.4. The number of thiazole rings is 1. The Morgan fingerprint density at radius 3 is 2.63 bits per heavy atom. The van der Waals surface area contributed by atoms with E-state index < -0.39 is 35.5 Å². The summed E-state index contributed by atoms with van der Waals surface area (Å²) in [7, 11) is 0. The summed E-state index contributed by atoms with van der Waals surface area (Å²) >= 11 is 6.93. The van der Waals surface area contributed by atoms with Crippen molar-refractivity contribution in [2.75, 3.05) is 18.4 Å². The van der Waals surface area contributed by atoms with Crippen LogP contribution in [0.25, 0.3) is 10.2 Å². The number of halogens is 7. The number of alkyl halides is 6. The molecule has 13 heteroatoms. The fourth-order valence-electron chi connectivity index (χ4n) is 3.98. The fourth-order valence-corrected chi connectivity index (χ4v) is 5.12. The Bertz CT molecular complexity index is 1260. The second kappa shape index (κ2) is 9.47. The van der Waals surface area contributed by atoms with Gasteiger partial charge in [0.25, 0.3) is 5.91 Å². The molecule has 1 fully saturated rings. The van der Waals surface area contributed by atoms with Gasteiger partial charge in [-0.2, -0.15) is 26.3 Å². The lowest BCUT2D eigenvalue weighted by Gasteiger charge is -2.33. The minimum atomic E-state index is -4.53. The molecular formula is C22H18ClF6N3O2S. The normalized spacial score (nSPS) is 17.6. The second-order valence-corrected chi connectivity index (χ2v) is 9.70. The van der Waals surface area contributed by atoms with Crippen molar-refractivity contribution in [2.45, 2.75) is 31.7 Å². The molecule has 35 heavy (non-hydrogen) atoms. The zero-order valence-electron chi connectivity index (χ0n) is 17.8. The van der Waals surface area contributed by atoms with Crippen molar-refractivity contribution in [3.63, 3.8) is 0 Å². The Kier molecular flexibility index (Phi) is 6.91. The predicted octanol–water partition coefficient (Wildman–Crippen LogP) is 6.70. The number of benzene rings is 2. The lowest BCUT2D eigenvalue weighted by molar-refractivity contribution is -0.187. The highest BCUT2D eigenvalue weighted by Gasteiger charge is 2.41. The van der Waals surface area contributed by atoms with Gasteiger partial charge in [-0.3, -0.25) is 15.0 Å². The summed E-state index contributed by atoms with van der Waals surface area (Å²) in [6.45, 7) is 0.120. The summed E-state index contributed by atoms with van der Waals surface area (Å²) in [6, 6.07) is 5.56. The molecule has 2 heterocycles. The average Bonchev–Trinajstić information content (AvgIpc) is 3.16. The Morgan fingerprint density at radius 1 is 1.20 bits per heavy atom. The summed E-state index contributed by atoms with van der Waals surface area (Å²) in [5.74, 6) is -2.73. The molecular weight excluding hydrogens is 520 g/mol. The minimum Gasteiger partial charge on any atom is -0.507 e. The van der Waals surface area contributed by atoms with Crippen LogP contribution in [0, 0.1) is 5.92 Å². The first-order chi connectivity index (χ1) is 16.3. The number of aromatic hydroxyl groups is 1. The topological polar surface area (TPSA) is 65.5 Å². The van der Waals surface area contributed by atoms with Gasteiger partial charge in [0.05, 0.1) is 27.3 Å². The average molecular weight is 538 g/mol. The van der Waals surface area contributed by atoms with Gasteiger partial charge in [-0.1, -0.05) is 22.9 Å². The molecule has 0 spiro atoms. The van der Waals surface area contributed by atoms with E-state index in [4.69, 9.17) is 11.6 Å². The van der Waals surface area contributed by atoms with E-state index in [1.165, 1.54) is 18.2 Å². The van der Waals surface area contributed by atoms with E-state index in [-0.39, 0.29) is 51.0 Å². The number of nitrogens with one attached hydrogen (secondary N) is 1. The van der Waals surface area contributed by atoms with Crippen LogP contribution in [0.1, 0.15) is 34.3 Å². The third-order valence-corrected chi connectivity index (χ3v) is 6.85. The number of phenols is 1. The second-order valence-electron chi connectivity index (χ2n) is 8.23. The van der Waals surface area contributed by atoms with Gasteiger partial charge in [0.1, 0.15) is 5.75 Å². The van der Waals surface area contributed by atoms with Gasteiger partial charge in [0.15, 0.2) is 5.13 Å². The number of rotatable bonds is 4. The molecule has 1 aliphatic rings. The number of likely N-dealkylation sites (tertiary alicyclic amines) is 1. The van der Waals surface area contributed by atoms with E-state index in [1.807, 2.05) is 0 Å². The number of piperidine rings is 1. The highest BCUT2D eigenvalue weighted by Crippen LogP contribution is 2.37. The molecule has 2 aromatic carbocycles. The van der Waals surface area contributed by atoms with Crippen molar-refractivity contribution in [3.8, 4) is 5.75 Å². The van der Waals surface area contributed by atoms with Crippen molar-refractivity contribution < 1.29 is 36.2 Å². The first-order valence-electron chi connectivity index (χ1n) is 10.4. The molecule has 1 aromatic heterocycles. The van der Waals surface area contributed by atoms with Crippen molar-refractivity contribution in [2.24, 2.45) is 5.92 Å². The Morgan fingerprint density at radius 2 is 1.94 bits per heavy atom. The Hall–Kier alpha value is -2.57. The van der Waals surface area contributed by atoms with Crippen LogP contribution in [-0.2, 0) is 12.7 Å². The quantitative estimate of drug-likeness (QED) is 0.363. The van der Waals surface area contributed by atoms with Gasteiger partial charge in [0.2, 0.25) is 0 Å². The van der Waals surface area contributed by atoms with Crippen molar-refractivity contribution >= 4 is 44.2 Å². The third-order valence-electron chi connectivity index (χ3n) is 5.70. The minimum absolute atomic E-state index is 0.00861. The van der Waals surface area contributed by atoms with Gasteiger partial charge >= 0.3 is 12.4 Å². The molecule has 1 atom stereocenters. The summed E-state index contributed by atoms with van der Waals surface area (Å²) in [5, 5.41) is 13.2.